The number of nitrogens with zero attached hydrogens (tertiary/aromatic N) is 6. The van der Waals surface area contributed by atoms with Crippen LogP contribution in [-0.4, -0.2) is 41.7 Å². The summed E-state index contributed by atoms with van der Waals surface area (Å²) >= 11 is 1.15. The van der Waals surface area contributed by atoms with Crippen molar-refractivity contribution in [3.05, 3.63) is 22.7 Å². The quantitative estimate of drug-likeness (QED) is 0.844. The number of amides is 1. The summed E-state index contributed by atoms with van der Waals surface area (Å²) in [6.45, 7) is 1.74. The van der Waals surface area contributed by atoms with Crippen LogP contribution < -0.4 is 0 Å². The second-order valence-corrected chi connectivity index (χ2v) is 6.66. The Labute approximate surface area is 132 Å². The van der Waals surface area contributed by atoms with E-state index < -0.39 is 0 Å². The number of rotatable bonds is 2. The third-order valence-corrected chi connectivity index (χ3v) is 5.17. The van der Waals surface area contributed by atoms with Gasteiger partial charge < -0.3 is 9.47 Å². The molecule has 4 rings (SSSR count). The summed E-state index contributed by atoms with van der Waals surface area (Å²) < 4.78 is 6.04. The molecule has 0 N–H and O–H groups in total. The van der Waals surface area contributed by atoms with Crippen LogP contribution in [0.5, 0.6) is 0 Å². The molecule has 0 aromatic carbocycles. The molecular formula is C14H18N6OS. The molecule has 8 heteroatoms. The smallest absolute Gasteiger partial charge is 0.267 e. The Morgan fingerprint density at radius 2 is 2.14 bits per heavy atom. The molecule has 1 saturated heterocycles. The zero-order chi connectivity index (χ0) is 14.9. The number of hydrogen-bond donors (Lipinski definition) is 0. The fourth-order valence-electron chi connectivity index (χ4n) is 3.44. The first-order valence-electron chi connectivity index (χ1n) is 7.85. The Bertz CT molecular complexity index is 667. The molecule has 2 aliphatic heterocycles. The molecule has 7 nitrogen and oxygen atoms in total. The van der Waals surface area contributed by atoms with E-state index in [4.69, 9.17) is 0 Å². The number of aryl methyl sites for hydroxylation is 1. The summed E-state index contributed by atoms with van der Waals surface area (Å²) in [5.41, 5.74) is 0. The first-order chi connectivity index (χ1) is 10.8. The molecule has 0 spiro atoms. The van der Waals surface area contributed by atoms with Gasteiger partial charge in [-0.3, -0.25) is 4.79 Å². The lowest BCUT2D eigenvalue weighted by atomic mass is 10.2. The Hall–Kier alpha value is -1.83. The van der Waals surface area contributed by atoms with Crippen molar-refractivity contribution in [1.82, 2.24) is 29.3 Å². The lowest BCUT2D eigenvalue weighted by Crippen LogP contribution is -2.31. The van der Waals surface area contributed by atoms with Crippen LogP contribution in [0, 0.1) is 0 Å². The minimum absolute atomic E-state index is 0.0171. The highest BCUT2D eigenvalue weighted by Crippen LogP contribution is 2.33. The molecule has 116 valence electrons. The number of aromatic nitrogens is 5. The summed E-state index contributed by atoms with van der Waals surface area (Å²) in [6, 6.07) is 0.0361. The Balaban J connectivity index is 1.64. The van der Waals surface area contributed by atoms with Gasteiger partial charge in [-0.15, -0.1) is 15.3 Å². The molecule has 22 heavy (non-hydrogen) atoms. The van der Waals surface area contributed by atoms with Gasteiger partial charge in [0.25, 0.3) is 5.91 Å². The molecule has 1 amide bonds. The lowest BCUT2D eigenvalue weighted by molar-refractivity contribution is 0.0731. The van der Waals surface area contributed by atoms with Crippen LogP contribution in [0.1, 0.15) is 59.5 Å². The predicted octanol–water partition coefficient (Wildman–Crippen LogP) is 1.83. The predicted molar refractivity (Wildman–Crippen MR) is 80.5 cm³/mol. The van der Waals surface area contributed by atoms with Crippen LogP contribution in [-0.2, 0) is 13.0 Å². The Morgan fingerprint density at radius 1 is 1.18 bits per heavy atom. The maximum absolute atomic E-state index is 12.6. The van der Waals surface area contributed by atoms with Crippen molar-refractivity contribution in [3.8, 4) is 0 Å². The van der Waals surface area contributed by atoms with Gasteiger partial charge in [0.15, 0.2) is 5.82 Å². The highest BCUT2D eigenvalue weighted by Gasteiger charge is 2.35. The van der Waals surface area contributed by atoms with Gasteiger partial charge in [0.1, 0.15) is 10.7 Å². The van der Waals surface area contributed by atoms with Crippen LogP contribution in [0.3, 0.4) is 0 Å². The van der Waals surface area contributed by atoms with Gasteiger partial charge in [-0.1, -0.05) is 10.9 Å². The fraction of sp³-hybridized carbons (Fsp3) is 0.643. The van der Waals surface area contributed by atoms with Crippen LogP contribution in [0.4, 0.5) is 0 Å². The monoisotopic (exact) mass is 318 g/mol. The van der Waals surface area contributed by atoms with Crippen molar-refractivity contribution in [2.24, 2.45) is 0 Å². The van der Waals surface area contributed by atoms with E-state index >= 15 is 0 Å². The van der Waals surface area contributed by atoms with Crippen molar-refractivity contribution >= 4 is 17.4 Å². The van der Waals surface area contributed by atoms with E-state index in [1.54, 1.807) is 6.20 Å². The number of carbonyl (C=O) groups excluding carboxylic acids is 1. The molecule has 4 heterocycles. The second-order valence-electron chi connectivity index (χ2n) is 5.88. The van der Waals surface area contributed by atoms with Gasteiger partial charge in [-0.2, -0.15) is 0 Å². The molecule has 2 aromatic heterocycles. The van der Waals surface area contributed by atoms with Crippen molar-refractivity contribution in [3.63, 3.8) is 0 Å². The number of likely N-dealkylation sites (tertiary alicyclic amines) is 1. The van der Waals surface area contributed by atoms with Crippen LogP contribution in [0.15, 0.2) is 6.20 Å². The Morgan fingerprint density at radius 3 is 3.00 bits per heavy atom. The van der Waals surface area contributed by atoms with Crippen molar-refractivity contribution in [2.75, 3.05) is 6.54 Å². The maximum Gasteiger partial charge on any atom is 0.267 e. The van der Waals surface area contributed by atoms with Crippen LogP contribution in [0.2, 0.25) is 0 Å². The summed E-state index contributed by atoms with van der Waals surface area (Å²) in [5, 5.41) is 12.6. The van der Waals surface area contributed by atoms with E-state index in [-0.39, 0.29) is 11.9 Å². The molecule has 0 radical (unpaired) electrons. The van der Waals surface area contributed by atoms with E-state index in [1.165, 1.54) is 12.8 Å². The normalized spacial score (nSPS) is 21.6. The van der Waals surface area contributed by atoms with Gasteiger partial charge >= 0.3 is 0 Å². The molecule has 0 aliphatic carbocycles. The molecular weight excluding hydrogens is 300 g/mol. The molecule has 2 aliphatic rings. The first kappa shape index (κ1) is 13.8. The molecule has 1 unspecified atom stereocenters. The van der Waals surface area contributed by atoms with Crippen LogP contribution in [0.25, 0.3) is 0 Å². The summed E-state index contributed by atoms with van der Waals surface area (Å²) in [7, 11) is 0. The fourth-order valence-corrected chi connectivity index (χ4v) is 3.91. The third kappa shape index (κ3) is 2.31. The number of fused-ring (bicyclic) bond motifs is 1. The van der Waals surface area contributed by atoms with E-state index in [2.05, 4.69) is 24.4 Å². The average molecular weight is 318 g/mol. The van der Waals surface area contributed by atoms with Crippen molar-refractivity contribution < 1.29 is 4.79 Å². The minimum atomic E-state index is 0.0171. The van der Waals surface area contributed by atoms with E-state index in [9.17, 15) is 4.79 Å². The van der Waals surface area contributed by atoms with Crippen LogP contribution >= 0.6 is 11.5 Å². The maximum atomic E-state index is 12.6. The highest BCUT2D eigenvalue weighted by molar-refractivity contribution is 7.07. The summed E-state index contributed by atoms with van der Waals surface area (Å²) in [4.78, 5) is 15.2. The molecule has 1 fully saturated rings. The first-order valence-corrected chi connectivity index (χ1v) is 8.62. The van der Waals surface area contributed by atoms with Crippen molar-refractivity contribution in [2.45, 2.75) is 51.1 Å². The minimum Gasteiger partial charge on any atom is -0.328 e. The van der Waals surface area contributed by atoms with E-state index in [1.807, 2.05) is 4.90 Å². The van der Waals surface area contributed by atoms with Gasteiger partial charge in [0.05, 0.1) is 12.2 Å². The van der Waals surface area contributed by atoms with Gasteiger partial charge in [-0.05, 0) is 37.2 Å². The molecule has 2 aromatic rings. The molecule has 1 atom stereocenters. The summed E-state index contributed by atoms with van der Waals surface area (Å²) in [6.07, 6.45) is 8.08. The zero-order valence-corrected chi connectivity index (χ0v) is 13.1. The standard InChI is InChI=1S/C14H18N6OS/c21-14(11-9-15-18-22-11)19-8-4-5-10(19)13-17-16-12-6-2-1-3-7-20(12)13/h9-10H,1-8H2. The zero-order valence-electron chi connectivity index (χ0n) is 12.3. The van der Waals surface area contributed by atoms with Gasteiger partial charge in [0, 0.05) is 19.5 Å². The lowest BCUT2D eigenvalue weighted by Gasteiger charge is -2.23. The topological polar surface area (TPSA) is 76.8 Å². The largest absolute Gasteiger partial charge is 0.328 e. The van der Waals surface area contributed by atoms with E-state index in [0.717, 1.165) is 62.0 Å². The average Bonchev–Trinajstić information content (AvgIpc) is 3.24. The van der Waals surface area contributed by atoms with Crippen molar-refractivity contribution in [1.29, 1.82) is 0 Å². The molecule has 0 bridgehead atoms. The van der Waals surface area contributed by atoms with Gasteiger partial charge in [-0.25, -0.2) is 0 Å². The van der Waals surface area contributed by atoms with E-state index in [0.29, 0.717) is 4.88 Å². The molecule has 0 saturated carbocycles. The Kier molecular flexibility index (Phi) is 3.61. The van der Waals surface area contributed by atoms with Gasteiger partial charge in [0.2, 0.25) is 0 Å². The number of carbonyl (C=O) groups is 1. The number of hydrogen-bond acceptors (Lipinski definition) is 6. The summed E-state index contributed by atoms with van der Waals surface area (Å²) in [5.74, 6) is 2.05. The SMILES string of the molecule is O=C(c1cnns1)N1CCCC1c1nnc2n1CCCCC2. The highest BCUT2D eigenvalue weighted by atomic mass is 32.1. The third-order valence-electron chi connectivity index (χ3n) is 4.52. The second kappa shape index (κ2) is 5.75.